The van der Waals surface area contributed by atoms with Crippen molar-refractivity contribution in [3.63, 3.8) is 0 Å². The Hall–Kier alpha value is -2.07. The van der Waals surface area contributed by atoms with Crippen molar-refractivity contribution in [3.05, 3.63) is 29.8 Å². The summed E-state index contributed by atoms with van der Waals surface area (Å²) in [5, 5.41) is 1.85. The number of nitrogens with one attached hydrogen (secondary N) is 2. The summed E-state index contributed by atoms with van der Waals surface area (Å²) in [7, 11) is 0. The highest BCUT2D eigenvalue weighted by molar-refractivity contribution is 5.80. The van der Waals surface area contributed by atoms with E-state index in [2.05, 4.69) is 0 Å². The van der Waals surface area contributed by atoms with Crippen molar-refractivity contribution in [2.75, 3.05) is 5.32 Å². The third-order valence-corrected chi connectivity index (χ3v) is 3.47. The molecule has 0 heterocycles. The molecule has 0 aliphatic rings. The SMILES string of the molecule is CC[C@H](C)C(=O)NC(Nc1ccc(F)cc1F)(C(F)(F)F)C(F)(F)F. The Labute approximate surface area is 137 Å². The second kappa shape index (κ2) is 7.04. The van der Waals surface area contributed by atoms with E-state index >= 15 is 0 Å². The minimum atomic E-state index is -6.07. The van der Waals surface area contributed by atoms with E-state index in [-0.39, 0.29) is 12.5 Å². The molecule has 0 saturated heterocycles. The molecule has 0 aliphatic heterocycles. The fraction of sp³-hybridized carbons (Fsp3) is 0.500. The highest BCUT2D eigenvalue weighted by Gasteiger charge is 2.72. The third-order valence-electron chi connectivity index (χ3n) is 3.47. The van der Waals surface area contributed by atoms with Crippen LogP contribution in [0.1, 0.15) is 20.3 Å². The second-order valence-corrected chi connectivity index (χ2v) is 5.29. The molecule has 0 saturated carbocycles. The van der Waals surface area contributed by atoms with Gasteiger partial charge in [0.05, 0.1) is 5.69 Å². The van der Waals surface area contributed by atoms with E-state index in [1.807, 2.05) is 0 Å². The quantitative estimate of drug-likeness (QED) is 0.591. The summed E-state index contributed by atoms with van der Waals surface area (Å²) in [5.41, 5.74) is -6.22. The van der Waals surface area contributed by atoms with Crippen molar-refractivity contribution in [1.82, 2.24) is 5.32 Å². The van der Waals surface area contributed by atoms with Crippen LogP contribution in [0.4, 0.5) is 40.8 Å². The average Bonchev–Trinajstić information content (AvgIpc) is 2.45. The van der Waals surface area contributed by atoms with E-state index in [1.54, 1.807) is 0 Å². The van der Waals surface area contributed by atoms with Crippen molar-refractivity contribution in [2.24, 2.45) is 5.92 Å². The predicted molar refractivity (Wildman–Crippen MR) is 72.4 cm³/mol. The first-order valence-corrected chi connectivity index (χ1v) is 6.94. The normalized spacial score (nSPS) is 14.2. The lowest BCUT2D eigenvalue weighted by Gasteiger charge is -2.39. The van der Waals surface area contributed by atoms with Gasteiger partial charge in [0.15, 0.2) is 0 Å². The number of hydrogen-bond donors (Lipinski definition) is 2. The molecule has 1 aromatic rings. The number of amides is 1. The number of carbonyl (C=O) groups excluding carboxylic acids is 1. The van der Waals surface area contributed by atoms with Crippen LogP contribution in [-0.4, -0.2) is 23.9 Å². The first kappa shape index (κ1) is 21.0. The Kier molecular flexibility index (Phi) is 5.91. The van der Waals surface area contributed by atoms with Crippen LogP contribution >= 0.6 is 0 Å². The Morgan fingerprint density at radius 3 is 2.00 bits per heavy atom. The molecule has 1 atom stereocenters. The fourth-order valence-corrected chi connectivity index (χ4v) is 1.76. The van der Waals surface area contributed by atoms with Crippen LogP contribution in [0.5, 0.6) is 0 Å². The molecular weight excluding hydrogens is 364 g/mol. The zero-order valence-electron chi connectivity index (χ0n) is 12.9. The second-order valence-electron chi connectivity index (χ2n) is 5.29. The summed E-state index contributed by atoms with van der Waals surface area (Å²) in [6, 6.07) is 0.946. The third kappa shape index (κ3) is 4.31. The molecule has 1 rings (SSSR count). The number of halogens is 8. The van der Waals surface area contributed by atoms with Crippen LogP contribution in [0.3, 0.4) is 0 Å². The van der Waals surface area contributed by atoms with E-state index in [4.69, 9.17) is 0 Å². The summed E-state index contributed by atoms with van der Waals surface area (Å²) in [6.07, 6.45) is -12.2. The molecule has 2 N–H and O–H groups in total. The first-order chi connectivity index (χ1) is 11.2. The Balaban J connectivity index is 3.47. The Bertz CT molecular complexity index is 612. The molecule has 0 aromatic heterocycles. The lowest BCUT2D eigenvalue weighted by molar-refractivity contribution is -0.296. The van der Waals surface area contributed by atoms with Crippen molar-refractivity contribution >= 4 is 11.6 Å². The van der Waals surface area contributed by atoms with Crippen LogP contribution in [0.25, 0.3) is 0 Å². The molecular formula is C14H14F8N2O. The van der Waals surface area contributed by atoms with Gasteiger partial charge in [-0.2, -0.15) is 26.3 Å². The number of alkyl halides is 6. The summed E-state index contributed by atoms with van der Waals surface area (Å²) >= 11 is 0. The van der Waals surface area contributed by atoms with E-state index in [1.165, 1.54) is 6.92 Å². The zero-order chi connectivity index (χ0) is 19.6. The maximum atomic E-state index is 13.6. The minimum absolute atomic E-state index is 0.0253. The standard InChI is InChI=1S/C14H14F8N2O/c1-3-7(2)11(25)24-12(13(17,18)19,14(20,21)22)23-10-5-4-8(15)6-9(10)16/h4-7,23H,3H2,1-2H3,(H,24,25)/t7-/m0/s1. The molecule has 0 spiro atoms. The molecule has 0 bridgehead atoms. The maximum absolute atomic E-state index is 13.6. The number of benzene rings is 1. The molecule has 11 heteroatoms. The molecule has 0 unspecified atom stereocenters. The molecule has 0 aliphatic carbocycles. The molecule has 25 heavy (non-hydrogen) atoms. The minimum Gasteiger partial charge on any atom is -0.345 e. The number of anilines is 1. The summed E-state index contributed by atoms with van der Waals surface area (Å²) < 4.78 is 106. The Morgan fingerprint density at radius 2 is 1.60 bits per heavy atom. The van der Waals surface area contributed by atoms with Gasteiger partial charge in [0, 0.05) is 12.0 Å². The average molecular weight is 378 g/mol. The lowest BCUT2D eigenvalue weighted by Crippen LogP contribution is -2.72. The number of hydrogen-bond acceptors (Lipinski definition) is 2. The van der Waals surface area contributed by atoms with Crippen LogP contribution in [-0.2, 0) is 4.79 Å². The van der Waals surface area contributed by atoms with Gasteiger partial charge in [-0.15, -0.1) is 0 Å². The van der Waals surface area contributed by atoms with E-state index in [9.17, 15) is 39.9 Å². The van der Waals surface area contributed by atoms with Gasteiger partial charge in [0.2, 0.25) is 5.91 Å². The Morgan fingerprint density at radius 1 is 1.08 bits per heavy atom. The topological polar surface area (TPSA) is 41.1 Å². The van der Waals surface area contributed by atoms with Crippen molar-refractivity contribution in [2.45, 2.75) is 38.3 Å². The van der Waals surface area contributed by atoms with Gasteiger partial charge in [-0.05, 0) is 18.6 Å². The van der Waals surface area contributed by atoms with Crippen molar-refractivity contribution in [3.8, 4) is 0 Å². The zero-order valence-corrected chi connectivity index (χ0v) is 12.9. The van der Waals surface area contributed by atoms with Gasteiger partial charge in [-0.25, -0.2) is 8.78 Å². The smallest absolute Gasteiger partial charge is 0.345 e. The number of carbonyl (C=O) groups is 1. The van der Waals surface area contributed by atoms with Gasteiger partial charge in [0.25, 0.3) is 0 Å². The van der Waals surface area contributed by atoms with Crippen molar-refractivity contribution in [1.29, 1.82) is 0 Å². The summed E-state index contributed by atoms with van der Waals surface area (Å²) in [6.45, 7) is 2.52. The number of rotatable bonds is 5. The van der Waals surface area contributed by atoms with E-state index < -0.39 is 47.2 Å². The largest absolute Gasteiger partial charge is 0.439 e. The predicted octanol–water partition coefficient (Wildman–Crippen LogP) is 4.36. The lowest BCUT2D eigenvalue weighted by atomic mass is 10.0. The molecule has 0 radical (unpaired) electrons. The van der Waals surface area contributed by atoms with Crippen molar-refractivity contribution < 1.29 is 39.9 Å². The highest BCUT2D eigenvalue weighted by Crippen LogP contribution is 2.44. The molecule has 1 amide bonds. The molecule has 3 nitrogen and oxygen atoms in total. The maximum Gasteiger partial charge on any atom is 0.439 e. The van der Waals surface area contributed by atoms with E-state index in [0.29, 0.717) is 12.1 Å². The van der Waals surface area contributed by atoms with Gasteiger partial charge < -0.3 is 10.6 Å². The van der Waals surface area contributed by atoms with Crippen LogP contribution in [0, 0.1) is 17.6 Å². The van der Waals surface area contributed by atoms with Crippen LogP contribution in [0.2, 0.25) is 0 Å². The molecule has 142 valence electrons. The van der Waals surface area contributed by atoms with Crippen LogP contribution in [0.15, 0.2) is 18.2 Å². The van der Waals surface area contributed by atoms with Crippen LogP contribution < -0.4 is 10.6 Å². The first-order valence-electron chi connectivity index (χ1n) is 6.94. The molecule has 0 fully saturated rings. The van der Waals surface area contributed by atoms with Gasteiger partial charge in [-0.3, -0.25) is 4.79 Å². The van der Waals surface area contributed by atoms with E-state index in [0.717, 1.165) is 17.6 Å². The molecule has 1 aromatic carbocycles. The van der Waals surface area contributed by atoms with Gasteiger partial charge in [-0.1, -0.05) is 13.8 Å². The summed E-state index contributed by atoms with van der Waals surface area (Å²) in [5.74, 6) is -5.58. The highest BCUT2D eigenvalue weighted by atomic mass is 19.4. The van der Waals surface area contributed by atoms with Gasteiger partial charge in [0.1, 0.15) is 11.6 Å². The monoisotopic (exact) mass is 378 g/mol. The fourth-order valence-electron chi connectivity index (χ4n) is 1.76. The summed E-state index contributed by atoms with van der Waals surface area (Å²) in [4.78, 5) is 11.7. The van der Waals surface area contributed by atoms with Gasteiger partial charge >= 0.3 is 18.0 Å².